The summed E-state index contributed by atoms with van der Waals surface area (Å²) < 4.78 is 40.3. The van der Waals surface area contributed by atoms with Crippen molar-refractivity contribution in [1.82, 2.24) is 4.98 Å². The second-order valence-electron chi connectivity index (χ2n) is 3.78. The lowest BCUT2D eigenvalue weighted by atomic mass is 10.0. The number of carbonyl (C=O) groups excluding carboxylic acids is 1. The maximum absolute atomic E-state index is 12.2. The van der Waals surface area contributed by atoms with Crippen molar-refractivity contribution >= 4 is 17.9 Å². The van der Waals surface area contributed by atoms with Crippen molar-refractivity contribution in [3.8, 4) is 16.9 Å². The van der Waals surface area contributed by atoms with Crippen molar-refractivity contribution in [3.63, 3.8) is 0 Å². The lowest BCUT2D eigenvalue weighted by Gasteiger charge is -2.11. The number of hydrogen-bond acceptors (Lipinski definition) is 3. The molecular weight excluding hydrogens is 295 g/mol. The summed E-state index contributed by atoms with van der Waals surface area (Å²) in [5.74, 6) is -0.383. The molecule has 0 aliphatic carbocycles. The molecule has 0 radical (unpaired) electrons. The van der Waals surface area contributed by atoms with Crippen LogP contribution in [0.25, 0.3) is 11.1 Å². The molecule has 0 atom stereocenters. The number of halogens is 4. The molecule has 0 bridgehead atoms. The van der Waals surface area contributed by atoms with Crippen molar-refractivity contribution in [3.05, 3.63) is 47.2 Å². The minimum atomic E-state index is -4.78. The predicted molar refractivity (Wildman–Crippen MR) is 66.8 cm³/mol. The van der Waals surface area contributed by atoms with Crippen molar-refractivity contribution in [2.75, 3.05) is 0 Å². The highest BCUT2D eigenvalue weighted by molar-refractivity contribution is 6.30. The summed E-state index contributed by atoms with van der Waals surface area (Å²) in [7, 11) is 0. The summed E-state index contributed by atoms with van der Waals surface area (Å²) in [4.78, 5) is 14.7. The summed E-state index contributed by atoms with van der Waals surface area (Å²) in [5, 5.41) is 0.271. The Bertz CT molecular complexity index is 644. The Morgan fingerprint density at radius 1 is 1.25 bits per heavy atom. The molecule has 7 heteroatoms. The number of aldehydes is 1. The topological polar surface area (TPSA) is 39.2 Å². The van der Waals surface area contributed by atoms with Crippen LogP contribution in [0.2, 0.25) is 5.02 Å². The van der Waals surface area contributed by atoms with Gasteiger partial charge >= 0.3 is 6.36 Å². The van der Waals surface area contributed by atoms with Crippen LogP contribution in [0.15, 0.2) is 36.5 Å². The van der Waals surface area contributed by atoms with Gasteiger partial charge in [0.1, 0.15) is 11.4 Å². The van der Waals surface area contributed by atoms with Gasteiger partial charge in [0.2, 0.25) is 0 Å². The molecule has 1 aromatic carbocycles. The van der Waals surface area contributed by atoms with E-state index in [1.54, 1.807) is 0 Å². The number of hydrogen-bond donors (Lipinski definition) is 0. The van der Waals surface area contributed by atoms with E-state index in [0.717, 1.165) is 12.1 Å². The summed E-state index contributed by atoms with van der Waals surface area (Å²) >= 11 is 5.78. The third kappa shape index (κ3) is 3.48. The van der Waals surface area contributed by atoms with E-state index in [0.29, 0.717) is 17.4 Å². The highest BCUT2D eigenvalue weighted by Crippen LogP contribution is 2.30. The zero-order valence-electron chi connectivity index (χ0n) is 9.82. The molecule has 2 aromatic rings. The van der Waals surface area contributed by atoms with Crippen molar-refractivity contribution < 1.29 is 22.7 Å². The molecule has 104 valence electrons. The molecular formula is C13H7ClF3NO2. The van der Waals surface area contributed by atoms with Crippen LogP contribution in [0, 0.1) is 0 Å². The van der Waals surface area contributed by atoms with Gasteiger partial charge in [-0.05, 0) is 23.8 Å². The van der Waals surface area contributed by atoms with Gasteiger partial charge in [-0.3, -0.25) is 9.78 Å². The normalized spacial score (nSPS) is 11.2. The van der Waals surface area contributed by atoms with E-state index in [2.05, 4.69) is 9.72 Å². The van der Waals surface area contributed by atoms with Crippen LogP contribution in [-0.2, 0) is 0 Å². The Morgan fingerprint density at radius 2 is 2.00 bits per heavy atom. The number of alkyl halides is 3. The Hall–Kier alpha value is -2.08. The summed E-state index contributed by atoms with van der Waals surface area (Å²) in [6.07, 6.45) is -2.99. The van der Waals surface area contributed by atoms with Gasteiger partial charge < -0.3 is 4.74 Å². The fraction of sp³-hybridized carbons (Fsp3) is 0.0769. The highest BCUT2D eigenvalue weighted by Gasteiger charge is 2.31. The number of rotatable bonds is 3. The minimum absolute atomic E-state index is 0.0820. The van der Waals surface area contributed by atoms with E-state index >= 15 is 0 Å². The van der Waals surface area contributed by atoms with E-state index in [4.69, 9.17) is 11.6 Å². The number of carbonyl (C=O) groups is 1. The third-order valence-electron chi connectivity index (χ3n) is 2.38. The molecule has 20 heavy (non-hydrogen) atoms. The first kappa shape index (κ1) is 14.3. The van der Waals surface area contributed by atoms with Gasteiger partial charge in [-0.25, -0.2) is 0 Å². The molecule has 0 saturated heterocycles. The molecule has 0 N–H and O–H groups in total. The van der Waals surface area contributed by atoms with Crippen LogP contribution in [0.5, 0.6) is 5.75 Å². The van der Waals surface area contributed by atoms with E-state index in [1.807, 2.05) is 0 Å². The van der Waals surface area contributed by atoms with Crippen LogP contribution in [-0.4, -0.2) is 17.6 Å². The molecule has 0 aliphatic rings. The molecule has 1 aromatic heterocycles. The summed E-state index contributed by atoms with van der Waals surface area (Å²) in [5.41, 5.74) is 0.766. The Balaban J connectivity index is 2.46. The van der Waals surface area contributed by atoms with E-state index in [-0.39, 0.29) is 16.5 Å². The quantitative estimate of drug-likeness (QED) is 0.801. The number of ether oxygens (including phenoxy) is 1. The Labute approximate surface area is 117 Å². The number of benzene rings is 1. The first-order valence-corrected chi connectivity index (χ1v) is 5.74. The largest absolute Gasteiger partial charge is 0.573 e. The van der Waals surface area contributed by atoms with Crippen LogP contribution < -0.4 is 4.74 Å². The molecule has 0 aliphatic heterocycles. The van der Waals surface area contributed by atoms with E-state index in [9.17, 15) is 18.0 Å². The second kappa shape index (κ2) is 5.50. The molecule has 0 unspecified atom stereocenters. The second-order valence-corrected chi connectivity index (χ2v) is 4.22. The minimum Gasteiger partial charge on any atom is -0.406 e. The third-order valence-corrected chi connectivity index (χ3v) is 2.58. The summed E-state index contributed by atoms with van der Waals surface area (Å²) in [6.45, 7) is 0. The van der Waals surface area contributed by atoms with Gasteiger partial charge in [0.25, 0.3) is 0 Å². The molecule has 0 fully saturated rings. The van der Waals surface area contributed by atoms with Gasteiger partial charge in [-0.2, -0.15) is 0 Å². The van der Waals surface area contributed by atoms with Gasteiger partial charge in [-0.15, -0.1) is 13.2 Å². The van der Waals surface area contributed by atoms with Gasteiger partial charge in [0.15, 0.2) is 6.29 Å². The fourth-order valence-corrected chi connectivity index (χ4v) is 1.79. The average Bonchev–Trinajstić information content (AvgIpc) is 2.37. The smallest absolute Gasteiger partial charge is 0.406 e. The standard InChI is InChI=1S/C13H7ClF3NO2/c14-9-5-11(12(7-19)18-6-9)8-2-1-3-10(4-8)20-13(15,16)17/h1-7H. The number of pyridine rings is 1. The van der Waals surface area contributed by atoms with Crippen molar-refractivity contribution in [1.29, 1.82) is 0 Å². The number of aromatic nitrogens is 1. The predicted octanol–water partition coefficient (Wildman–Crippen LogP) is 4.11. The highest BCUT2D eigenvalue weighted by atomic mass is 35.5. The van der Waals surface area contributed by atoms with Crippen LogP contribution >= 0.6 is 11.6 Å². The van der Waals surface area contributed by atoms with Crippen molar-refractivity contribution in [2.24, 2.45) is 0 Å². The molecule has 2 rings (SSSR count). The monoisotopic (exact) mass is 301 g/mol. The van der Waals surface area contributed by atoms with E-state index in [1.165, 1.54) is 24.4 Å². The maximum atomic E-state index is 12.2. The van der Waals surface area contributed by atoms with Crippen LogP contribution in [0.1, 0.15) is 10.5 Å². The SMILES string of the molecule is O=Cc1ncc(Cl)cc1-c1cccc(OC(F)(F)F)c1. The lowest BCUT2D eigenvalue weighted by molar-refractivity contribution is -0.274. The number of nitrogens with zero attached hydrogens (tertiary/aromatic N) is 1. The molecule has 0 amide bonds. The van der Waals surface area contributed by atoms with Gasteiger partial charge in [0.05, 0.1) is 5.02 Å². The average molecular weight is 302 g/mol. The molecule has 0 saturated carbocycles. The fourth-order valence-electron chi connectivity index (χ4n) is 1.64. The Morgan fingerprint density at radius 3 is 2.65 bits per heavy atom. The van der Waals surface area contributed by atoms with Gasteiger partial charge in [-0.1, -0.05) is 23.7 Å². The first-order chi connectivity index (χ1) is 9.39. The van der Waals surface area contributed by atoms with Crippen molar-refractivity contribution in [2.45, 2.75) is 6.36 Å². The molecule has 0 spiro atoms. The molecule has 3 nitrogen and oxygen atoms in total. The first-order valence-electron chi connectivity index (χ1n) is 5.36. The maximum Gasteiger partial charge on any atom is 0.573 e. The zero-order chi connectivity index (χ0) is 14.8. The zero-order valence-corrected chi connectivity index (χ0v) is 10.6. The molecule has 1 heterocycles. The van der Waals surface area contributed by atoms with Crippen LogP contribution in [0.3, 0.4) is 0 Å². The Kier molecular flexibility index (Phi) is 3.94. The van der Waals surface area contributed by atoms with Gasteiger partial charge in [0, 0.05) is 11.8 Å². The lowest BCUT2D eigenvalue weighted by Crippen LogP contribution is -2.17. The van der Waals surface area contributed by atoms with Crippen LogP contribution in [0.4, 0.5) is 13.2 Å². The van der Waals surface area contributed by atoms with E-state index < -0.39 is 6.36 Å². The summed E-state index contributed by atoms with van der Waals surface area (Å²) in [6, 6.07) is 6.68.